The maximum absolute atomic E-state index is 8.61. The third-order valence-electron chi connectivity index (χ3n) is 3.12. The molecule has 4 aromatic heterocycles. The van der Waals surface area contributed by atoms with Crippen molar-refractivity contribution in [2.45, 2.75) is 0 Å². The first-order valence-electron chi connectivity index (χ1n) is 6.57. The molecule has 4 aromatic rings. The van der Waals surface area contributed by atoms with E-state index in [-0.39, 0.29) is 0 Å². The number of aromatic nitrogens is 4. The molecule has 0 aliphatic heterocycles. The standard InChI is InChI=1S/C8H4IN3.C8H5N3/c9-7-5-11-8-3-6(4-10)1-2-12(7)8;9-6-7-1-3-11-4-2-10-8(11)5-7/h1-3,5H;1-5H. The Hall–Kier alpha value is -2.91. The summed E-state index contributed by atoms with van der Waals surface area (Å²) in [5.41, 5.74) is 2.91. The molecule has 4 rings (SSSR count). The van der Waals surface area contributed by atoms with Gasteiger partial charge in [-0.25, -0.2) is 9.97 Å². The second-order valence-corrected chi connectivity index (χ2v) is 5.66. The van der Waals surface area contributed by atoms with E-state index in [0.29, 0.717) is 11.1 Å². The lowest BCUT2D eigenvalue weighted by molar-refractivity contribution is 1.15. The third-order valence-corrected chi connectivity index (χ3v) is 3.92. The first kappa shape index (κ1) is 15.0. The van der Waals surface area contributed by atoms with Gasteiger partial charge < -0.3 is 4.40 Å². The van der Waals surface area contributed by atoms with Gasteiger partial charge in [0.05, 0.1) is 29.5 Å². The van der Waals surface area contributed by atoms with Gasteiger partial charge in [0.15, 0.2) is 0 Å². The number of nitrogens with zero attached hydrogens (tertiary/aromatic N) is 6. The number of halogens is 1. The van der Waals surface area contributed by atoms with Gasteiger partial charge in [0.25, 0.3) is 0 Å². The fourth-order valence-corrected chi connectivity index (χ4v) is 2.55. The maximum atomic E-state index is 8.61. The van der Waals surface area contributed by atoms with Crippen LogP contribution in [0.25, 0.3) is 11.3 Å². The van der Waals surface area contributed by atoms with Crippen molar-refractivity contribution < 1.29 is 0 Å². The van der Waals surface area contributed by atoms with Gasteiger partial charge in [0.1, 0.15) is 15.0 Å². The molecule has 23 heavy (non-hydrogen) atoms. The quantitative estimate of drug-likeness (QED) is 0.416. The van der Waals surface area contributed by atoms with E-state index in [9.17, 15) is 0 Å². The van der Waals surface area contributed by atoms with Crippen molar-refractivity contribution in [1.82, 2.24) is 18.8 Å². The van der Waals surface area contributed by atoms with Crippen LogP contribution >= 0.6 is 22.6 Å². The first-order valence-corrected chi connectivity index (χ1v) is 7.64. The molecule has 0 bridgehead atoms. The highest BCUT2D eigenvalue weighted by atomic mass is 127. The van der Waals surface area contributed by atoms with Crippen LogP contribution in [0.2, 0.25) is 0 Å². The minimum atomic E-state index is 0.642. The Kier molecular flexibility index (Phi) is 4.22. The van der Waals surface area contributed by atoms with Crippen LogP contribution in [-0.2, 0) is 0 Å². The smallest absolute Gasteiger partial charge is 0.138 e. The van der Waals surface area contributed by atoms with Crippen LogP contribution in [-0.4, -0.2) is 18.8 Å². The summed E-state index contributed by atoms with van der Waals surface area (Å²) in [6, 6.07) is 11.2. The highest BCUT2D eigenvalue weighted by Gasteiger charge is 1.99. The molecule has 110 valence electrons. The second kappa shape index (κ2) is 6.46. The minimum Gasteiger partial charge on any atom is -0.307 e. The molecule has 0 saturated carbocycles. The molecule has 0 aliphatic carbocycles. The van der Waals surface area contributed by atoms with E-state index in [1.165, 1.54) is 0 Å². The molecule has 0 spiro atoms. The van der Waals surface area contributed by atoms with Gasteiger partial charge in [-0.1, -0.05) is 0 Å². The Labute approximate surface area is 145 Å². The summed E-state index contributed by atoms with van der Waals surface area (Å²) in [5, 5.41) is 17.2. The molecule has 0 aromatic carbocycles. The monoisotopic (exact) mass is 412 g/mol. The molecule has 0 aliphatic rings. The average Bonchev–Trinajstić information content (AvgIpc) is 3.21. The van der Waals surface area contributed by atoms with Crippen LogP contribution in [0.1, 0.15) is 11.1 Å². The molecule has 0 atom stereocenters. The summed E-state index contributed by atoms with van der Waals surface area (Å²) in [5.74, 6) is 0. The summed E-state index contributed by atoms with van der Waals surface area (Å²) in [6.07, 6.45) is 8.99. The van der Waals surface area contributed by atoms with Crippen LogP contribution in [0, 0.1) is 26.4 Å². The predicted octanol–water partition coefficient (Wildman–Crippen LogP) is 3.02. The number of imidazole rings is 2. The molecular formula is C16H9IN6. The predicted molar refractivity (Wildman–Crippen MR) is 92.5 cm³/mol. The Morgan fingerprint density at radius 1 is 0.913 bits per heavy atom. The van der Waals surface area contributed by atoms with Gasteiger partial charge in [-0.05, 0) is 46.9 Å². The molecule has 0 N–H and O–H groups in total. The van der Waals surface area contributed by atoms with Gasteiger partial charge in [-0.15, -0.1) is 0 Å². The first-order chi connectivity index (χ1) is 11.2. The summed E-state index contributed by atoms with van der Waals surface area (Å²) in [6.45, 7) is 0. The molecule has 0 saturated heterocycles. The lowest BCUT2D eigenvalue weighted by atomic mass is 10.3. The summed E-state index contributed by atoms with van der Waals surface area (Å²) < 4.78 is 4.84. The van der Waals surface area contributed by atoms with Crippen molar-refractivity contribution in [3.05, 3.63) is 70.1 Å². The van der Waals surface area contributed by atoms with Crippen LogP contribution in [0.4, 0.5) is 0 Å². The van der Waals surface area contributed by atoms with Gasteiger partial charge in [-0.3, -0.25) is 4.40 Å². The average molecular weight is 412 g/mol. The van der Waals surface area contributed by atoms with E-state index in [4.69, 9.17) is 10.5 Å². The van der Waals surface area contributed by atoms with Gasteiger partial charge >= 0.3 is 0 Å². The van der Waals surface area contributed by atoms with Crippen molar-refractivity contribution in [3.63, 3.8) is 0 Å². The Morgan fingerprint density at radius 2 is 1.61 bits per heavy atom. The summed E-state index contributed by atoms with van der Waals surface area (Å²) >= 11 is 2.19. The Balaban J connectivity index is 0.000000136. The van der Waals surface area contributed by atoms with E-state index in [1.54, 1.807) is 36.7 Å². The van der Waals surface area contributed by atoms with E-state index in [0.717, 1.165) is 15.0 Å². The number of pyridine rings is 2. The van der Waals surface area contributed by atoms with Crippen LogP contribution in [0.3, 0.4) is 0 Å². The molecule has 6 nitrogen and oxygen atoms in total. The highest BCUT2D eigenvalue weighted by Crippen LogP contribution is 2.10. The zero-order valence-electron chi connectivity index (χ0n) is 11.8. The maximum Gasteiger partial charge on any atom is 0.138 e. The van der Waals surface area contributed by atoms with Gasteiger partial charge in [-0.2, -0.15) is 10.5 Å². The SMILES string of the molecule is N#Cc1ccn2c(I)cnc2c1.N#Cc1ccn2ccnc2c1. The number of rotatable bonds is 0. The summed E-state index contributed by atoms with van der Waals surface area (Å²) in [7, 11) is 0. The topological polar surface area (TPSA) is 82.2 Å². The lowest BCUT2D eigenvalue weighted by Crippen LogP contribution is -1.86. The second-order valence-electron chi connectivity index (χ2n) is 4.56. The van der Waals surface area contributed by atoms with E-state index < -0.39 is 0 Å². The zero-order valence-corrected chi connectivity index (χ0v) is 13.9. The fraction of sp³-hybridized carbons (Fsp3) is 0. The molecule has 7 heteroatoms. The third kappa shape index (κ3) is 3.15. The minimum absolute atomic E-state index is 0.642. The van der Waals surface area contributed by atoms with E-state index in [2.05, 4.69) is 44.7 Å². The molecular weight excluding hydrogens is 403 g/mol. The Morgan fingerprint density at radius 3 is 2.35 bits per heavy atom. The largest absolute Gasteiger partial charge is 0.307 e. The summed E-state index contributed by atoms with van der Waals surface area (Å²) in [4.78, 5) is 8.17. The van der Waals surface area contributed by atoms with Crippen molar-refractivity contribution in [2.75, 3.05) is 0 Å². The van der Waals surface area contributed by atoms with E-state index in [1.807, 2.05) is 27.4 Å². The molecule has 4 heterocycles. The van der Waals surface area contributed by atoms with Crippen molar-refractivity contribution in [3.8, 4) is 12.1 Å². The van der Waals surface area contributed by atoms with Crippen molar-refractivity contribution >= 4 is 33.9 Å². The van der Waals surface area contributed by atoms with Crippen LogP contribution < -0.4 is 0 Å². The number of hydrogen-bond acceptors (Lipinski definition) is 4. The normalized spacial score (nSPS) is 9.87. The van der Waals surface area contributed by atoms with E-state index >= 15 is 0 Å². The molecule has 0 amide bonds. The Bertz CT molecular complexity index is 1060. The highest BCUT2D eigenvalue weighted by molar-refractivity contribution is 14.1. The molecule has 0 fully saturated rings. The van der Waals surface area contributed by atoms with Crippen molar-refractivity contribution in [1.29, 1.82) is 10.5 Å². The fourth-order valence-electron chi connectivity index (χ4n) is 2.00. The van der Waals surface area contributed by atoms with Crippen molar-refractivity contribution in [2.24, 2.45) is 0 Å². The van der Waals surface area contributed by atoms with Crippen LogP contribution in [0.15, 0.2) is 55.2 Å². The van der Waals surface area contributed by atoms with Gasteiger partial charge in [0.2, 0.25) is 0 Å². The molecule has 0 radical (unpaired) electrons. The molecule has 0 unspecified atom stereocenters. The number of fused-ring (bicyclic) bond motifs is 2. The number of nitriles is 2. The lowest BCUT2D eigenvalue weighted by Gasteiger charge is -1.93. The van der Waals surface area contributed by atoms with Gasteiger partial charge in [0, 0.05) is 24.8 Å². The number of hydrogen-bond donors (Lipinski definition) is 0. The van der Waals surface area contributed by atoms with Crippen LogP contribution in [0.5, 0.6) is 0 Å². The zero-order chi connectivity index (χ0) is 16.2.